The van der Waals surface area contributed by atoms with Gasteiger partial charge in [0.2, 0.25) is 0 Å². The maximum atomic E-state index is 12.7. The molecule has 1 unspecified atom stereocenters. The summed E-state index contributed by atoms with van der Waals surface area (Å²) in [5, 5.41) is 0. The normalized spacial score (nSPS) is 16.6. The van der Waals surface area contributed by atoms with Gasteiger partial charge in [-0.25, -0.2) is 0 Å². The topological polar surface area (TPSA) is 17.1 Å². The zero-order valence-electron chi connectivity index (χ0n) is 11.5. The molecule has 0 saturated heterocycles. The summed E-state index contributed by atoms with van der Waals surface area (Å²) in [6.07, 6.45) is 3.99. The molecular weight excluding hydrogens is 283 g/mol. The lowest BCUT2D eigenvalue weighted by Gasteiger charge is -2.11. The van der Waals surface area contributed by atoms with Crippen LogP contribution < -0.4 is 0 Å². The molecule has 1 aliphatic carbocycles. The standard InChI is InChI=1S/C18H15FOS/c19-12-13-21(20)18(15-7-2-1-3-8-15)17-11-10-14-6-4-5-9-16(14)17/h1-11H,12-13H2/b18-17+. The highest BCUT2D eigenvalue weighted by Crippen LogP contribution is 2.36. The molecule has 0 aliphatic heterocycles. The van der Waals surface area contributed by atoms with Gasteiger partial charge in [-0.2, -0.15) is 0 Å². The molecule has 0 aromatic heterocycles. The molecule has 3 rings (SSSR count). The highest BCUT2D eigenvalue weighted by molar-refractivity contribution is 7.94. The Balaban J connectivity index is 2.19. The van der Waals surface area contributed by atoms with Crippen LogP contribution in [0.3, 0.4) is 0 Å². The number of allylic oxidation sites excluding steroid dienone is 2. The van der Waals surface area contributed by atoms with E-state index in [1.54, 1.807) is 0 Å². The number of benzene rings is 2. The number of halogens is 1. The van der Waals surface area contributed by atoms with E-state index in [4.69, 9.17) is 0 Å². The van der Waals surface area contributed by atoms with Gasteiger partial charge in [0.05, 0.1) is 21.5 Å². The Bertz CT molecular complexity index is 732. The quantitative estimate of drug-likeness (QED) is 0.822. The number of hydrogen-bond donors (Lipinski definition) is 0. The van der Waals surface area contributed by atoms with E-state index in [2.05, 4.69) is 0 Å². The van der Waals surface area contributed by atoms with Gasteiger partial charge in [0.1, 0.15) is 6.67 Å². The Morgan fingerprint density at radius 2 is 1.67 bits per heavy atom. The maximum absolute atomic E-state index is 12.7. The van der Waals surface area contributed by atoms with Crippen molar-refractivity contribution in [2.75, 3.05) is 12.4 Å². The van der Waals surface area contributed by atoms with Gasteiger partial charge >= 0.3 is 0 Å². The molecule has 0 amide bonds. The minimum absolute atomic E-state index is 0.0315. The molecule has 3 heteroatoms. The van der Waals surface area contributed by atoms with Crippen LogP contribution in [0, 0.1) is 0 Å². The van der Waals surface area contributed by atoms with Crippen molar-refractivity contribution in [3.63, 3.8) is 0 Å². The molecule has 0 spiro atoms. The monoisotopic (exact) mass is 298 g/mol. The molecule has 1 nitrogen and oxygen atoms in total. The molecule has 0 radical (unpaired) electrons. The summed E-state index contributed by atoms with van der Waals surface area (Å²) in [5.74, 6) is 0.0315. The van der Waals surface area contributed by atoms with Crippen LogP contribution >= 0.6 is 0 Å². The van der Waals surface area contributed by atoms with Gasteiger partial charge in [0, 0.05) is 0 Å². The van der Waals surface area contributed by atoms with Gasteiger partial charge in [-0.1, -0.05) is 66.7 Å². The van der Waals surface area contributed by atoms with E-state index in [-0.39, 0.29) is 5.75 Å². The van der Waals surface area contributed by atoms with E-state index in [1.165, 1.54) is 0 Å². The molecule has 106 valence electrons. The highest BCUT2D eigenvalue weighted by atomic mass is 32.2. The summed E-state index contributed by atoms with van der Waals surface area (Å²) in [7, 11) is -1.35. The first-order valence-corrected chi connectivity index (χ1v) is 8.14. The largest absolute Gasteiger partial charge is 0.254 e. The summed E-state index contributed by atoms with van der Waals surface area (Å²) in [5.41, 5.74) is 3.99. The summed E-state index contributed by atoms with van der Waals surface area (Å²) in [6, 6.07) is 17.6. The zero-order chi connectivity index (χ0) is 14.7. The van der Waals surface area contributed by atoms with Crippen molar-refractivity contribution >= 4 is 27.4 Å². The fourth-order valence-corrected chi connectivity index (χ4v) is 3.69. The fourth-order valence-electron chi connectivity index (χ4n) is 2.52. The van der Waals surface area contributed by atoms with E-state index in [1.807, 2.05) is 66.7 Å². The third kappa shape index (κ3) is 2.74. The van der Waals surface area contributed by atoms with Gasteiger partial charge in [-0.15, -0.1) is 0 Å². The van der Waals surface area contributed by atoms with E-state index in [0.717, 1.165) is 27.2 Å². The first-order valence-electron chi connectivity index (χ1n) is 6.83. The van der Waals surface area contributed by atoms with Crippen molar-refractivity contribution in [3.8, 4) is 0 Å². The van der Waals surface area contributed by atoms with Crippen LogP contribution in [-0.4, -0.2) is 16.6 Å². The second kappa shape index (κ2) is 6.19. The molecular formula is C18H15FOS. The van der Waals surface area contributed by atoms with Crippen LogP contribution in [0.5, 0.6) is 0 Å². The second-order valence-corrected chi connectivity index (χ2v) is 6.28. The molecule has 21 heavy (non-hydrogen) atoms. The van der Waals surface area contributed by atoms with E-state index in [9.17, 15) is 8.60 Å². The van der Waals surface area contributed by atoms with Gasteiger partial charge in [0.15, 0.2) is 0 Å². The molecule has 2 aromatic carbocycles. The van der Waals surface area contributed by atoms with Crippen molar-refractivity contribution < 1.29 is 8.60 Å². The molecule has 0 fully saturated rings. The van der Waals surface area contributed by atoms with Crippen LogP contribution in [0.1, 0.15) is 16.7 Å². The third-order valence-electron chi connectivity index (χ3n) is 3.45. The van der Waals surface area contributed by atoms with Gasteiger partial charge in [-0.05, 0) is 22.3 Å². The minimum atomic E-state index is -1.35. The number of fused-ring (bicyclic) bond motifs is 1. The average molecular weight is 298 g/mol. The van der Waals surface area contributed by atoms with E-state index >= 15 is 0 Å². The first-order chi connectivity index (χ1) is 10.3. The molecule has 1 atom stereocenters. The lowest BCUT2D eigenvalue weighted by molar-refractivity contribution is 0.529. The number of rotatable bonds is 4. The lowest BCUT2D eigenvalue weighted by Crippen LogP contribution is -2.04. The SMILES string of the molecule is O=S(CCF)/C(=C1\C=Cc2ccccc21)c1ccccc1. The van der Waals surface area contributed by atoms with Crippen LogP contribution in [-0.2, 0) is 10.8 Å². The smallest absolute Gasteiger partial charge is 0.101 e. The Kier molecular flexibility index (Phi) is 4.11. The summed E-state index contributed by atoms with van der Waals surface area (Å²) < 4.78 is 25.2. The predicted octanol–water partition coefficient (Wildman–Crippen LogP) is 4.30. The fraction of sp³-hybridized carbons (Fsp3) is 0.111. The average Bonchev–Trinajstić information content (AvgIpc) is 2.93. The van der Waals surface area contributed by atoms with Gasteiger partial charge in [-0.3, -0.25) is 8.60 Å². The molecule has 0 bridgehead atoms. The molecule has 2 aromatic rings. The summed E-state index contributed by atoms with van der Waals surface area (Å²) in [4.78, 5) is 0.717. The first kappa shape index (κ1) is 14.0. The summed E-state index contributed by atoms with van der Waals surface area (Å²) in [6.45, 7) is -0.582. The molecule has 0 N–H and O–H groups in total. The van der Waals surface area contributed by atoms with Crippen molar-refractivity contribution in [2.45, 2.75) is 0 Å². The Hall–Kier alpha value is -2.00. The third-order valence-corrected chi connectivity index (χ3v) is 4.89. The van der Waals surface area contributed by atoms with Crippen LogP contribution in [0.25, 0.3) is 16.6 Å². The minimum Gasteiger partial charge on any atom is -0.254 e. The molecule has 0 saturated carbocycles. The number of alkyl halides is 1. The number of hydrogen-bond acceptors (Lipinski definition) is 1. The molecule has 0 heterocycles. The van der Waals surface area contributed by atoms with Crippen molar-refractivity contribution in [2.24, 2.45) is 0 Å². The zero-order valence-corrected chi connectivity index (χ0v) is 12.3. The Labute approximate surface area is 126 Å². The van der Waals surface area contributed by atoms with Crippen molar-refractivity contribution in [3.05, 3.63) is 77.4 Å². The van der Waals surface area contributed by atoms with Crippen molar-refractivity contribution in [1.29, 1.82) is 0 Å². The van der Waals surface area contributed by atoms with Gasteiger partial charge in [0.25, 0.3) is 0 Å². The van der Waals surface area contributed by atoms with Crippen LogP contribution in [0.2, 0.25) is 0 Å². The Morgan fingerprint density at radius 1 is 0.952 bits per heavy atom. The van der Waals surface area contributed by atoms with Gasteiger partial charge < -0.3 is 0 Å². The second-order valence-electron chi connectivity index (χ2n) is 4.77. The van der Waals surface area contributed by atoms with Crippen molar-refractivity contribution in [1.82, 2.24) is 0 Å². The highest BCUT2D eigenvalue weighted by Gasteiger charge is 2.20. The van der Waals surface area contributed by atoms with E-state index in [0.29, 0.717) is 0 Å². The van der Waals surface area contributed by atoms with E-state index < -0.39 is 17.5 Å². The Morgan fingerprint density at radius 3 is 2.43 bits per heavy atom. The molecule has 1 aliphatic rings. The summed E-state index contributed by atoms with van der Waals surface area (Å²) >= 11 is 0. The predicted molar refractivity (Wildman–Crippen MR) is 87.7 cm³/mol. The maximum Gasteiger partial charge on any atom is 0.101 e. The van der Waals surface area contributed by atoms with Crippen LogP contribution in [0.15, 0.2) is 60.7 Å². The van der Waals surface area contributed by atoms with Crippen LogP contribution in [0.4, 0.5) is 4.39 Å². The lowest BCUT2D eigenvalue weighted by atomic mass is 10.0.